The molecule has 0 radical (unpaired) electrons. The number of aliphatic imine (C=N–C) groups is 1. The summed E-state index contributed by atoms with van der Waals surface area (Å²) >= 11 is 1.41. The molecular formula is C9H13NO2S. The van der Waals surface area contributed by atoms with Gasteiger partial charge >= 0.3 is 0 Å². The average Bonchev–Trinajstić information content (AvgIpc) is 2.46. The van der Waals surface area contributed by atoms with E-state index in [0.29, 0.717) is 6.42 Å². The average molecular weight is 199 g/mol. The molecule has 2 unspecified atom stereocenters. The van der Waals surface area contributed by atoms with Crippen molar-refractivity contribution in [1.29, 1.82) is 0 Å². The van der Waals surface area contributed by atoms with Crippen molar-refractivity contribution in [1.82, 2.24) is 0 Å². The van der Waals surface area contributed by atoms with Gasteiger partial charge in [-0.15, -0.1) is 0 Å². The lowest BCUT2D eigenvalue weighted by atomic mass is 10.1. The van der Waals surface area contributed by atoms with E-state index in [1.807, 2.05) is 13.8 Å². The third-order valence-corrected chi connectivity index (χ3v) is 3.13. The molecule has 1 rings (SSSR count). The molecule has 0 aromatic heterocycles. The first-order chi connectivity index (χ1) is 6.06. The van der Waals surface area contributed by atoms with Gasteiger partial charge in [0.25, 0.3) is 0 Å². The molecule has 1 heterocycles. The molecule has 13 heavy (non-hydrogen) atoms. The summed E-state index contributed by atoms with van der Waals surface area (Å²) in [5, 5.41) is 9.80. The molecule has 72 valence electrons. The Hall–Kier alpha value is -0.770. The summed E-state index contributed by atoms with van der Waals surface area (Å²) in [7, 11) is 0. The van der Waals surface area contributed by atoms with E-state index in [9.17, 15) is 9.90 Å². The summed E-state index contributed by atoms with van der Waals surface area (Å²) < 4.78 is 0. The molecule has 0 fully saturated rings. The molecule has 1 N–H and O–H groups in total. The lowest BCUT2D eigenvalue weighted by molar-refractivity contribution is -0.118. The number of hydrogen-bond acceptors (Lipinski definition) is 4. The Morgan fingerprint density at radius 2 is 2.38 bits per heavy atom. The summed E-state index contributed by atoms with van der Waals surface area (Å²) in [6.07, 6.45) is 0.476. The summed E-state index contributed by atoms with van der Waals surface area (Å²) in [5.74, 6) is 0.0990. The van der Waals surface area contributed by atoms with E-state index < -0.39 is 6.04 Å². The van der Waals surface area contributed by atoms with Crippen molar-refractivity contribution < 1.29 is 9.90 Å². The monoisotopic (exact) mass is 199 g/mol. The van der Waals surface area contributed by atoms with E-state index in [4.69, 9.17) is 0 Å². The van der Waals surface area contributed by atoms with E-state index in [0.717, 1.165) is 5.04 Å². The molecule has 0 saturated carbocycles. The van der Waals surface area contributed by atoms with Crippen LogP contribution < -0.4 is 0 Å². The Kier molecular flexibility index (Phi) is 3.14. The number of thioether (sulfide) groups is 1. The molecule has 0 saturated heterocycles. The molecule has 0 amide bonds. The number of ketones is 1. The van der Waals surface area contributed by atoms with Gasteiger partial charge < -0.3 is 5.11 Å². The van der Waals surface area contributed by atoms with Gasteiger partial charge in [0.2, 0.25) is 0 Å². The van der Waals surface area contributed by atoms with Crippen LogP contribution in [0.1, 0.15) is 20.3 Å². The van der Waals surface area contributed by atoms with Crippen LogP contribution in [0.3, 0.4) is 0 Å². The third-order valence-electron chi connectivity index (χ3n) is 1.91. The van der Waals surface area contributed by atoms with E-state index in [1.165, 1.54) is 11.8 Å². The van der Waals surface area contributed by atoms with Crippen LogP contribution in [0.25, 0.3) is 0 Å². The van der Waals surface area contributed by atoms with Crippen LogP contribution in [0.15, 0.2) is 17.3 Å². The highest BCUT2D eigenvalue weighted by molar-refractivity contribution is 8.15. The third kappa shape index (κ3) is 2.12. The normalized spacial score (nSPS) is 27.1. The van der Waals surface area contributed by atoms with Gasteiger partial charge in [-0.3, -0.25) is 9.79 Å². The fourth-order valence-electron chi connectivity index (χ4n) is 1.23. The van der Waals surface area contributed by atoms with E-state index >= 15 is 0 Å². The molecule has 1 aliphatic heterocycles. The van der Waals surface area contributed by atoms with Crippen molar-refractivity contribution in [3.8, 4) is 0 Å². The molecule has 0 bridgehead atoms. The van der Waals surface area contributed by atoms with E-state index in [2.05, 4.69) is 11.6 Å². The maximum absolute atomic E-state index is 11.4. The van der Waals surface area contributed by atoms with Crippen molar-refractivity contribution in [3.05, 3.63) is 12.3 Å². The van der Waals surface area contributed by atoms with E-state index in [1.54, 1.807) is 0 Å². The number of aliphatic hydroxyl groups excluding tert-OH is 1. The van der Waals surface area contributed by atoms with Gasteiger partial charge in [0, 0.05) is 6.42 Å². The summed E-state index contributed by atoms with van der Waals surface area (Å²) in [4.78, 5) is 15.6. The summed E-state index contributed by atoms with van der Waals surface area (Å²) in [6.45, 7) is 7.07. The standard InChI is InChI=1S/C9H13NO2S/c1-4-7(12)9-8(5(2)11)10-6(3)13-9/h8-9,11H,2,4H2,1,3H3. The molecule has 3 nitrogen and oxygen atoms in total. The van der Waals surface area contributed by atoms with Gasteiger partial charge in [0.05, 0.1) is 10.3 Å². The predicted molar refractivity (Wildman–Crippen MR) is 55.3 cm³/mol. The quantitative estimate of drug-likeness (QED) is 0.707. The molecule has 0 spiro atoms. The number of carbonyl (C=O) groups is 1. The smallest absolute Gasteiger partial charge is 0.148 e. The molecule has 1 aliphatic rings. The first-order valence-corrected chi connectivity index (χ1v) is 5.05. The zero-order valence-electron chi connectivity index (χ0n) is 7.78. The first kappa shape index (κ1) is 10.3. The van der Waals surface area contributed by atoms with Gasteiger partial charge in [0.1, 0.15) is 17.6 Å². The Bertz CT molecular complexity index is 273. The second-order valence-corrected chi connectivity index (χ2v) is 4.28. The zero-order valence-corrected chi connectivity index (χ0v) is 8.60. The van der Waals surface area contributed by atoms with Crippen molar-refractivity contribution in [3.63, 3.8) is 0 Å². The Labute approximate surface area is 81.9 Å². The van der Waals surface area contributed by atoms with Gasteiger partial charge in [-0.2, -0.15) is 0 Å². The van der Waals surface area contributed by atoms with Crippen LogP contribution in [0.5, 0.6) is 0 Å². The second kappa shape index (κ2) is 3.96. The van der Waals surface area contributed by atoms with Crippen LogP contribution in [0.2, 0.25) is 0 Å². The van der Waals surface area contributed by atoms with Gasteiger partial charge in [0.15, 0.2) is 0 Å². The van der Waals surface area contributed by atoms with Crippen molar-refractivity contribution in [2.24, 2.45) is 4.99 Å². The molecule has 2 atom stereocenters. The lowest BCUT2D eigenvalue weighted by Crippen LogP contribution is -2.27. The van der Waals surface area contributed by atoms with Gasteiger partial charge in [-0.25, -0.2) is 0 Å². The number of Topliss-reactive ketones (excluding diaryl/α,β-unsaturated/α-hetero) is 1. The molecule has 0 aliphatic carbocycles. The number of aliphatic hydroxyl groups is 1. The number of carbonyl (C=O) groups excluding carboxylic acids is 1. The van der Waals surface area contributed by atoms with Crippen LogP contribution in [-0.2, 0) is 4.79 Å². The molecule has 0 aromatic carbocycles. The largest absolute Gasteiger partial charge is 0.511 e. The summed E-state index contributed by atoms with van der Waals surface area (Å²) in [6, 6.07) is -0.433. The van der Waals surface area contributed by atoms with Crippen LogP contribution in [-0.4, -0.2) is 27.2 Å². The summed E-state index contributed by atoms with van der Waals surface area (Å²) in [5.41, 5.74) is 0. The second-order valence-electron chi connectivity index (χ2n) is 2.94. The molecule has 0 aromatic rings. The van der Waals surface area contributed by atoms with Gasteiger partial charge in [-0.05, 0) is 6.92 Å². The van der Waals surface area contributed by atoms with E-state index in [-0.39, 0.29) is 16.8 Å². The van der Waals surface area contributed by atoms with Crippen LogP contribution in [0.4, 0.5) is 0 Å². The van der Waals surface area contributed by atoms with Crippen LogP contribution >= 0.6 is 11.8 Å². The minimum Gasteiger partial charge on any atom is -0.511 e. The highest BCUT2D eigenvalue weighted by Crippen LogP contribution is 2.30. The first-order valence-electron chi connectivity index (χ1n) is 4.17. The molecule has 4 heteroatoms. The molecular weight excluding hydrogens is 186 g/mol. The Balaban J connectivity index is 2.79. The SMILES string of the molecule is C=C(O)C1N=C(C)SC1C(=O)CC. The van der Waals surface area contributed by atoms with Crippen molar-refractivity contribution in [2.45, 2.75) is 31.6 Å². The number of hydrogen-bond donors (Lipinski definition) is 1. The minimum atomic E-state index is -0.433. The Morgan fingerprint density at radius 1 is 1.77 bits per heavy atom. The predicted octanol–water partition coefficient (Wildman–Crippen LogP) is 1.94. The Morgan fingerprint density at radius 3 is 2.85 bits per heavy atom. The highest BCUT2D eigenvalue weighted by Gasteiger charge is 2.34. The topological polar surface area (TPSA) is 49.7 Å². The van der Waals surface area contributed by atoms with Crippen molar-refractivity contribution >= 4 is 22.6 Å². The fraction of sp³-hybridized carbons (Fsp3) is 0.556. The van der Waals surface area contributed by atoms with Crippen molar-refractivity contribution in [2.75, 3.05) is 0 Å². The highest BCUT2D eigenvalue weighted by atomic mass is 32.2. The maximum atomic E-state index is 11.4. The minimum absolute atomic E-state index is 0.0175. The maximum Gasteiger partial charge on any atom is 0.148 e. The lowest BCUT2D eigenvalue weighted by Gasteiger charge is -2.13. The number of nitrogens with zero attached hydrogens (tertiary/aromatic N) is 1. The number of rotatable bonds is 3. The zero-order chi connectivity index (χ0) is 10.0. The van der Waals surface area contributed by atoms with Crippen LogP contribution in [0, 0.1) is 0 Å². The van der Waals surface area contributed by atoms with Gasteiger partial charge in [-0.1, -0.05) is 25.3 Å². The fourth-order valence-corrected chi connectivity index (χ4v) is 2.42.